The zero-order chi connectivity index (χ0) is 17.6. The zero-order valence-corrected chi connectivity index (χ0v) is 17.4. The topological polar surface area (TPSA) is 86.7 Å². The number of hydrogen-bond acceptors (Lipinski definition) is 4. The fraction of sp³-hybridized carbons (Fsp3) is 0.333. The molecule has 0 bridgehead atoms. The first-order valence-electron chi connectivity index (χ1n) is 7.96. The normalized spacial score (nSPS) is 11.0. The van der Waals surface area contributed by atoms with Gasteiger partial charge in [-0.2, -0.15) is 8.42 Å². The number of ether oxygens (including phenoxy) is 1. The minimum absolute atomic E-state index is 0. The molecule has 2 aromatic carbocycles. The molecule has 0 saturated carbocycles. The average molecular weight is 372 g/mol. The SMILES string of the molecule is CCCCCCc1ccc(Oc2c([O-])cccc2S(=O)(=O)O)cc1.[Na+]. The van der Waals surface area contributed by atoms with E-state index in [9.17, 15) is 18.1 Å². The van der Waals surface area contributed by atoms with Crippen molar-refractivity contribution < 1.29 is 52.4 Å². The maximum absolute atomic E-state index is 11.9. The molecular formula is C18H21NaO5S. The molecule has 2 rings (SSSR count). The molecular weight excluding hydrogens is 351 g/mol. The van der Waals surface area contributed by atoms with Crippen LogP contribution in [0.1, 0.15) is 38.2 Å². The maximum Gasteiger partial charge on any atom is 1.00 e. The molecule has 0 heterocycles. The van der Waals surface area contributed by atoms with Gasteiger partial charge in [-0.3, -0.25) is 4.55 Å². The summed E-state index contributed by atoms with van der Waals surface area (Å²) in [6.45, 7) is 2.17. The molecule has 0 fully saturated rings. The second kappa shape index (κ2) is 10.2. The molecule has 0 aliphatic carbocycles. The summed E-state index contributed by atoms with van der Waals surface area (Å²) in [5.41, 5.74) is 1.16. The van der Waals surface area contributed by atoms with E-state index in [-0.39, 0.29) is 29.6 Å². The van der Waals surface area contributed by atoms with E-state index in [0.717, 1.165) is 24.5 Å². The minimum atomic E-state index is -4.53. The Morgan fingerprint density at radius 3 is 2.32 bits per heavy atom. The molecule has 1 N–H and O–H groups in total. The van der Waals surface area contributed by atoms with E-state index in [4.69, 9.17) is 4.74 Å². The summed E-state index contributed by atoms with van der Waals surface area (Å²) >= 11 is 0. The zero-order valence-electron chi connectivity index (χ0n) is 14.6. The molecule has 25 heavy (non-hydrogen) atoms. The van der Waals surface area contributed by atoms with Crippen LogP contribution in [0.3, 0.4) is 0 Å². The van der Waals surface area contributed by atoms with Crippen molar-refractivity contribution in [2.75, 3.05) is 0 Å². The van der Waals surface area contributed by atoms with Crippen molar-refractivity contribution in [3.05, 3.63) is 48.0 Å². The van der Waals surface area contributed by atoms with Crippen LogP contribution in [0.2, 0.25) is 0 Å². The third-order valence-electron chi connectivity index (χ3n) is 3.68. The Balaban J connectivity index is 0.00000312. The molecule has 0 aromatic heterocycles. The first-order chi connectivity index (χ1) is 11.4. The van der Waals surface area contributed by atoms with E-state index in [1.54, 1.807) is 12.1 Å². The third kappa shape index (κ3) is 6.64. The van der Waals surface area contributed by atoms with Crippen molar-refractivity contribution in [2.45, 2.75) is 43.9 Å². The molecule has 130 valence electrons. The van der Waals surface area contributed by atoms with Crippen molar-refractivity contribution in [1.29, 1.82) is 0 Å². The van der Waals surface area contributed by atoms with Crippen molar-refractivity contribution in [2.24, 2.45) is 0 Å². The van der Waals surface area contributed by atoms with Gasteiger partial charge >= 0.3 is 29.6 Å². The van der Waals surface area contributed by atoms with Gasteiger partial charge in [0, 0.05) is 0 Å². The van der Waals surface area contributed by atoms with Gasteiger partial charge in [0.05, 0.1) is 0 Å². The maximum atomic E-state index is 11.9. The standard InChI is InChI=1S/C18H22O5S.Na/c1-2-3-4-5-7-14-10-12-15(13-11-14)23-18-16(19)8-6-9-17(18)24(20,21)22;/h6,8-13,19H,2-5,7H2,1H3,(H,20,21,22);/q;+1/p-1. The molecule has 0 atom stereocenters. The number of para-hydroxylation sites is 1. The van der Waals surface area contributed by atoms with Gasteiger partial charge in [-0.1, -0.05) is 56.2 Å². The summed E-state index contributed by atoms with van der Waals surface area (Å²) in [5.74, 6) is -0.648. The Hall–Kier alpha value is -1.05. The molecule has 7 heteroatoms. The number of unbranched alkanes of at least 4 members (excludes halogenated alkanes) is 3. The van der Waals surface area contributed by atoms with Gasteiger partial charge in [-0.15, -0.1) is 0 Å². The smallest absolute Gasteiger partial charge is 0.870 e. The monoisotopic (exact) mass is 372 g/mol. The van der Waals surface area contributed by atoms with Gasteiger partial charge in [-0.05, 0) is 36.6 Å². The van der Waals surface area contributed by atoms with E-state index in [0.29, 0.717) is 5.75 Å². The number of aryl methyl sites for hydroxylation is 1. The van der Waals surface area contributed by atoms with E-state index < -0.39 is 26.5 Å². The molecule has 0 aliphatic heterocycles. The Labute approximate surface area is 171 Å². The fourth-order valence-corrected chi connectivity index (χ4v) is 3.02. The van der Waals surface area contributed by atoms with Crippen molar-refractivity contribution in [1.82, 2.24) is 0 Å². The summed E-state index contributed by atoms with van der Waals surface area (Å²) in [6, 6.07) is 10.7. The van der Waals surface area contributed by atoms with Gasteiger partial charge in [0.2, 0.25) is 0 Å². The summed E-state index contributed by atoms with van der Waals surface area (Å²) in [6.07, 6.45) is 5.69. The number of benzene rings is 2. The van der Waals surface area contributed by atoms with Crippen LogP contribution in [0.4, 0.5) is 0 Å². The number of rotatable bonds is 8. The molecule has 0 amide bonds. The largest absolute Gasteiger partial charge is 1.00 e. The van der Waals surface area contributed by atoms with Crippen molar-refractivity contribution in [3.8, 4) is 17.2 Å². The molecule has 0 saturated heterocycles. The Kier molecular flexibility index (Phi) is 8.96. The van der Waals surface area contributed by atoms with Gasteiger partial charge in [0.25, 0.3) is 10.1 Å². The van der Waals surface area contributed by atoms with E-state index in [1.165, 1.54) is 31.4 Å². The van der Waals surface area contributed by atoms with Crippen LogP contribution in [0.25, 0.3) is 0 Å². The third-order valence-corrected chi connectivity index (χ3v) is 4.56. The molecule has 0 radical (unpaired) electrons. The summed E-state index contributed by atoms with van der Waals surface area (Å²) in [7, 11) is -4.53. The van der Waals surface area contributed by atoms with Crippen LogP contribution in [0.15, 0.2) is 47.4 Å². The average Bonchev–Trinajstić information content (AvgIpc) is 2.54. The van der Waals surface area contributed by atoms with Gasteiger partial charge < -0.3 is 9.84 Å². The van der Waals surface area contributed by atoms with E-state index in [2.05, 4.69) is 6.92 Å². The van der Waals surface area contributed by atoms with Crippen LogP contribution in [0, 0.1) is 0 Å². The number of hydrogen-bond donors (Lipinski definition) is 1. The van der Waals surface area contributed by atoms with Gasteiger partial charge in [-0.25, -0.2) is 0 Å². The molecule has 0 aliphatic rings. The fourth-order valence-electron chi connectivity index (χ4n) is 2.40. The van der Waals surface area contributed by atoms with Crippen LogP contribution >= 0.6 is 0 Å². The van der Waals surface area contributed by atoms with Crippen molar-refractivity contribution >= 4 is 10.1 Å². The summed E-state index contributed by atoms with van der Waals surface area (Å²) < 4.78 is 37.3. The van der Waals surface area contributed by atoms with Crippen LogP contribution < -0.4 is 39.4 Å². The van der Waals surface area contributed by atoms with E-state index >= 15 is 0 Å². The Morgan fingerprint density at radius 2 is 1.72 bits per heavy atom. The summed E-state index contributed by atoms with van der Waals surface area (Å²) in [4.78, 5) is -0.529. The van der Waals surface area contributed by atoms with E-state index in [1.807, 2.05) is 12.1 Å². The van der Waals surface area contributed by atoms with Crippen LogP contribution in [-0.2, 0) is 16.5 Å². The Morgan fingerprint density at radius 1 is 1.04 bits per heavy atom. The van der Waals surface area contributed by atoms with Gasteiger partial charge in [0.1, 0.15) is 16.4 Å². The molecule has 0 unspecified atom stereocenters. The second-order valence-electron chi connectivity index (χ2n) is 5.62. The second-order valence-corrected chi connectivity index (χ2v) is 7.01. The van der Waals surface area contributed by atoms with Crippen LogP contribution in [-0.4, -0.2) is 13.0 Å². The quantitative estimate of drug-likeness (QED) is 0.423. The van der Waals surface area contributed by atoms with Crippen LogP contribution in [0.5, 0.6) is 17.2 Å². The van der Waals surface area contributed by atoms with Gasteiger partial charge in [0.15, 0.2) is 0 Å². The van der Waals surface area contributed by atoms with Crippen molar-refractivity contribution in [3.63, 3.8) is 0 Å². The molecule has 5 nitrogen and oxygen atoms in total. The first kappa shape index (κ1) is 22.0. The summed E-state index contributed by atoms with van der Waals surface area (Å²) in [5, 5.41) is 11.9. The predicted molar refractivity (Wildman–Crippen MR) is 90.1 cm³/mol. The Bertz CT molecular complexity index is 773. The molecule has 0 spiro atoms. The predicted octanol–water partition coefficient (Wildman–Crippen LogP) is 0.926. The first-order valence-corrected chi connectivity index (χ1v) is 9.40. The molecule has 2 aromatic rings. The minimum Gasteiger partial charge on any atom is -0.870 e.